The van der Waals surface area contributed by atoms with Crippen molar-refractivity contribution in [3.05, 3.63) is 59.2 Å². The fourth-order valence-electron chi connectivity index (χ4n) is 5.24. The van der Waals surface area contributed by atoms with Crippen LogP contribution < -0.4 is 9.46 Å². The van der Waals surface area contributed by atoms with Crippen LogP contribution in [0.1, 0.15) is 43.7 Å². The second kappa shape index (κ2) is 9.25. The van der Waals surface area contributed by atoms with E-state index in [-0.39, 0.29) is 31.6 Å². The fourth-order valence-corrected chi connectivity index (χ4v) is 8.98. The van der Waals surface area contributed by atoms with Crippen molar-refractivity contribution in [1.82, 2.24) is 4.72 Å². The minimum Gasteiger partial charge on any atom is -0.490 e. The maximum atomic E-state index is 15.2. The normalized spacial score (nSPS) is 24.5. The van der Waals surface area contributed by atoms with E-state index in [1.165, 1.54) is 0 Å². The number of hydrogen-bond donors (Lipinski definition) is 1. The molecule has 4 rings (SSSR count). The van der Waals surface area contributed by atoms with Crippen LogP contribution >= 0.6 is 0 Å². The molecule has 6 nitrogen and oxygen atoms in total. The Morgan fingerprint density at radius 3 is 2.28 bits per heavy atom. The second-order valence-corrected chi connectivity index (χ2v) is 13.1. The van der Waals surface area contributed by atoms with Crippen LogP contribution in [0.25, 0.3) is 0 Å². The van der Waals surface area contributed by atoms with E-state index in [1.54, 1.807) is 6.92 Å². The van der Waals surface area contributed by atoms with Crippen molar-refractivity contribution in [2.75, 3.05) is 12.4 Å². The summed E-state index contributed by atoms with van der Waals surface area (Å²) >= 11 is 0. The molecule has 0 spiro atoms. The molecule has 0 radical (unpaired) electrons. The van der Waals surface area contributed by atoms with Crippen LogP contribution in [-0.2, 0) is 30.8 Å². The Morgan fingerprint density at radius 2 is 1.67 bits per heavy atom. The van der Waals surface area contributed by atoms with Crippen LogP contribution in [0.15, 0.2) is 41.3 Å². The molecule has 1 saturated carbocycles. The monoisotopic (exact) mass is 553 g/mol. The first-order valence-electron chi connectivity index (χ1n) is 11.3. The first-order valence-corrected chi connectivity index (χ1v) is 14.4. The smallest absolute Gasteiger partial charge is 0.416 e. The van der Waals surface area contributed by atoms with Gasteiger partial charge in [-0.25, -0.2) is 30.3 Å². The lowest BCUT2D eigenvalue weighted by molar-refractivity contribution is -0.137. The summed E-state index contributed by atoms with van der Waals surface area (Å²) in [4.78, 5) is -0.484. The van der Waals surface area contributed by atoms with Crippen LogP contribution in [0.3, 0.4) is 0 Å². The Hall–Kier alpha value is -2.25. The highest BCUT2D eigenvalue weighted by Crippen LogP contribution is 2.56. The van der Waals surface area contributed by atoms with Gasteiger partial charge < -0.3 is 4.74 Å². The van der Waals surface area contributed by atoms with Crippen molar-refractivity contribution in [3.63, 3.8) is 0 Å². The maximum Gasteiger partial charge on any atom is 0.416 e. The van der Waals surface area contributed by atoms with Gasteiger partial charge in [0.15, 0.2) is 21.4 Å². The van der Waals surface area contributed by atoms with Crippen molar-refractivity contribution in [2.24, 2.45) is 5.92 Å². The van der Waals surface area contributed by atoms with Crippen LogP contribution in [-0.4, -0.2) is 35.2 Å². The predicted molar refractivity (Wildman–Crippen MR) is 121 cm³/mol. The molecule has 0 bridgehead atoms. The van der Waals surface area contributed by atoms with Gasteiger partial charge in [0.2, 0.25) is 10.0 Å². The Kier molecular flexibility index (Phi) is 6.88. The molecule has 0 saturated heterocycles. The van der Waals surface area contributed by atoms with Crippen LogP contribution in [0.5, 0.6) is 5.75 Å². The number of hydrogen-bond acceptors (Lipinski definition) is 5. The first kappa shape index (κ1) is 26.8. The van der Waals surface area contributed by atoms with Gasteiger partial charge in [0.1, 0.15) is 10.6 Å². The number of fused-ring (bicyclic) bond motifs is 3. The van der Waals surface area contributed by atoms with Gasteiger partial charge in [0.25, 0.3) is 0 Å². The van der Waals surface area contributed by atoms with Crippen molar-refractivity contribution in [3.8, 4) is 5.75 Å². The van der Waals surface area contributed by atoms with Crippen molar-refractivity contribution in [1.29, 1.82) is 0 Å². The summed E-state index contributed by atoms with van der Waals surface area (Å²) in [5, 5.41) is 0. The van der Waals surface area contributed by atoms with Gasteiger partial charge in [0, 0.05) is 12.0 Å². The van der Waals surface area contributed by atoms with Crippen molar-refractivity contribution in [2.45, 2.75) is 54.5 Å². The van der Waals surface area contributed by atoms with Gasteiger partial charge in [0.05, 0.1) is 28.4 Å². The molecule has 0 unspecified atom stereocenters. The van der Waals surface area contributed by atoms with Gasteiger partial charge in [-0.2, -0.15) is 13.2 Å². The molecule has 198 valence electrons. The molecule has 3 atom stereocenters. The molecule has 2 aromatic carbocycles. The van der Waals surface area contributed by atoms with Gasteiger partial charge in [-0.1, -0.05) is 6.92 Å². The van der Waals surface area contributed by atoms with Crippen molar-refractivity contribution >= 4 is 19.9 Å². The maximum absolute atomic E-state index is 15.2. The lowest BCUT2D eigenvalue weighted by atomic mass is 9.71. The molecule has 13 heteroatoms. The van der Waals surface area contributed by atoms with E-state index in [1.807, 2.05) is 0 Å². The molecule has 2 aliphatic rings. The number of nitrogens with one attached hydrogen (secondary N) is 1. The van der Waals surface area contributed by atoms with Gasteiger partial charge in [-0.3, -0.25) is 0 Å². The minimum atomic E-state index is -4.70. The van der Waals surface area contributed by atoms with Crippen LogP contribution in [0.4, 0.5) is 22.0 Å². The molecule has 1 N–H and O–H groups in total. The third-order valence-corrected chi connectivity index (χ3v) is 11.0. The zero-order valence-corrected chi connectivity index (χ0v) is 20.7. The molecule has 1 heterocycles. The second-order valence-electron chi connectivity index (χ2n) is 9.06. The molecule has 0 amide bonds. The number of alkyl halides is 3. The minimum absolute atomic E-state index is 0.0191. The lowest BCUT2D eigenvalue weighted by Gasteiger charge is -2.49. The molecule has 1 fully saturated rings. The summed E-state index contributed by atoms with van der Waals surface area (Å²) in [7, 11) is -8.26. The molecule has 1 aliphatic heterocycles. The average molecular weight is 554 g/mol. The topological polar surface area (TPSA) is 89.5 Å². The number of ether oxygens (including phenoxy) is 1. The van der Waals surface area contributed by atoms with E-state index in [9.17, 15) is 34.4 Å². The third kappa shape index (κ3) is 4.49. The summed E-state index contributed by atoms with van der Waals surface area (Å²) < 4.78 is 128. The van der Waals surface area contributed by atoms with E-state index in [0.29, 0.717) is 18.6 Å². The standard InChI is InChI=1S/C23H24F5NO5S2/c1-2-11-35(30,31)29-16-9-10-22(36(32,33)17-5-3-14(4-6-17)23(26,27)28)15(12-16)13-34-21-19(25)8-7-18(24)20(21)22/h3-8,15-16,29H,2,9-13H2,1H3/t15-,16-,22+/m1/s1. The molecule has 0 aromatic heterocycles. The van der Waals surface area contributed by atoms with Gasteiger partial charge in [-0.15, -0.1) is 0 Å². The van der Waals surface area contributed by atoms with Crippen LogP contribution in [0.2, 0.25) is 0 Å². The van der Waals surface area contributed by atoms with Gasteiger partial charge in [-0.05, 0) is 62.1 Å². The summed E-state index contributed by atoms with van der Waals surface area (Å²) in [6, 6.07) is 3.73. The molecular formula is C23H24F5NO5S2. The quantitative estimate of drug-likeness (QED) is 0.531. The van der Waals surface area contributed by atoms with E-state index < -0.39 is 76.1 Å². The Morgan fingerprint density at radius 1 is 1.03 bits per heavy atom. The molecular weight excluding hydrogens is 529 g/mol. The fraction of sp³-hybridized carbons (Fsp3) is 0.478. The summed E-state index contributed by atoms with van der Waals surface area (Å²) in [5.41, 5.74) is -1.58. The Labute approximate surface area is 205 Å². The van der Waals surface area contributed by atoms with Crippen LogP contribution in [0, 0.1) is 17.6 Å². The summed E-state index contributed by atoms with van der Waals surface area (Å²) in [6.07, 6.45) is -4.71. The highest BCUT2D eigenvalue weighted by Gasteiger charge is 2.60. The van der Waals surface area contributed by atoms with Gasteiger partial charge >= 0.3 is 6.18 Å². The average Bonchev–Trinajstić information content (AvgIpc) is 2.80. The van der Waals surface area contributed by atoms with Crippen molar-refractivity contribution < 1.29 is 43.5 Å². The number of sulfone groups is 1. The van der Waals surface area contributed by atoms with E-state index in [4.69, 9.17) is 4.74 Å². The third-order valence-electron chi connectivity index (χ3n) is 6.79. The number of benzene rings is 2. The highest BCUT2D eigenvalue weighted by molar-refractivity contribution is 7.92. The number of halogens is 5. The SMILES string of the molecule is CCCS(=O)(=O)N[C@@H]1CC[C@@]2(S(=O)(=O)c3ccc(C(F)(F)F)cc3)c3c(F)ccc(F)c3OC[C@H]2C1. The highest BCUT2D eigenvalue weighted by atomic mass is 32.2. The zero-order valence-electron chi connectivity index (χ0n) is 19.1. The zero-order chi connectivity index (χ0) is 26.5. The van der Waals surface area contributed by atoms with E-state index in [0.717, 1.165) is 24.3 Å². The molecule has 2 aromatic rings. The molecule has 36 heavy (non-hydrogen) atoms. The summed E-state index contributed by atoms with van der Waals surface area (Å²) in [5.74, 6) is -3.71. The largest absolute Gasteiger partial charge is 0.490 e. The lowest BCUT2D eigenvalue weighted by Crippen LogP contribution is -2.55. The van der Waals surface area contributed by atoms with E-state index >= 15 is 4.39 Å². The molecule has 1 aliphatic carbocycles. The van der Waals surface area contributed by atoms with E-state index in [2.05, 4.69) is 4.72 Å². The Balaban J connectivity index is 1.84. The number of sulfonamides is 1. The predicted octanol–water partition coefficient (Wildman–Crippen LogP) is 4.54. The summed E-state index contributed by atoms with van der Waals surface area (Å²) in [6.45, 7) is 1.34. The first-order chi connectivity index (χ1) is 16.7. The Bertz CT molecular complexity index is 1360. The number of rotatable bonds is 6.